The molecular formula is C22H17NO. The predicted molar refractivity (Wildman–Crippen MR) is 98.6 cm³/mol. The molecule has 0 amide bonds. The number of hydrogen-bond donors (Lipinski definition) is 0. The minimum absolute atomic E-state index is 0.0261. The number of carbonyl (C=O) groups is 1. The van der Waals surface area contributed by atoms with E-state index in [0.717, 1.165) is 32.9 Å². The van der Waals surface area contributed by atoms with E-state index in [-0.39, 0.29) is 5.78 Å². The number of aromatic nitrogens is 1. The molecule has 0 saturated heterocycles. The number of hydrogen-bond acceptors (Lipinski definition) is 2. The van der Waals surface area contributed by atoms with Crippen LogP contribution in [0.4, 0.5) is 0 Å². The quantitative estimate of drug-likeness (QED) is 0.374. The molecule has 0 aliphatic carbocycles. The van der Waals surface area contributed by atoms with Gasteiger partial charge in [-0.3, -0.25) is 4.79 Å². The number of rotatable bonds is 2. The number of carbonyl (C=O) groups excluding carboxylic acids is 1. The number of fused-ring (bicyclic) bond motifs is 2. The number of nitrogens with zero attached hydrogens (tertiary/aromatic N) is 1. The zero-order valence-electron chi connectivity index (χ0n) is 13.7. The zero-order chi connectivity index (χ0) is 16.7. The van der Waals surface area contributed by atoms with E-state index in [1.807, 2.05) is 61.5 Å². The fraction of sp³-hybridized carbons (Fsp3) is 0.0909. The highest BCUT2D eigenvalue weighted by atomic mass is 16.1. The van der Waals surface area contributed by atoms with Gasteiger partial charge < -0.3 is 0 Å². The van der Waals surface area contributed by atoms with Crippen LogP contribution in [0.3, 0.4) is 0 Å². The summed E-state index contributed by atoms with van der Waals surface area (Å²) in [5.41, 5.74) is 5.26. The monoisotopic (exact) mass is 311 g/mol. The first-order chi connectivity index (χ1) is 11.6. The molecule has 4 aromatic rings. The zero-order valence-corrected chi connectivity index (χ0v) is 13.7. The van der Waals surface area contributed by atoms with Crippen molar-refractivity contribution in [3.63, 3.8) is 0 Å². The lowest BCUT2D eigenvalue weighted by atomic mass is 9.96. The van der Waals surface area contributed by atoms with Gasteiger partial charge in [0.25, 0.3) is 0 Å². The van der Waals surface area contributed by atoms with E-state index in [2.05, 4.69) is 19.1 Å². The summed E-state index contributed by atoms with van der Waals surface area (Å²) in [6, 6.07) is 21.7. The van der Waals surface area contributed by atoms with Crippen LogP contribution in [0.25, 0.3) is 21.8 Å². The van der Waals surface area contributed by atoms with E-state index in [1.54, 1.807) is 0 Å². The number of pyridine rings is 1. The van der Waals surface area contributed by atoms with E-state index >= 15 is 0 Å². The summed E-state index contributed by atoms with van der Waals surface area (Å²) in [7, 11) is 0. The van der Waals surface area contributed by atoms with Gasteiger partial charge in [0.15, 0.2) is 5.78 Å². The van der Waals surface area contributed by atoms with Crippen LogP contribution in [0.15, 0.2) is 66.7 Å². The lowest BCUT2D eigenvalue weighted by Crippen LogP contribution is -2.05. The van der Waals surface area contributed by atoms with Crippen molar-refractivity contribution in [2.45, 2.75) is 13.8 Å². The Bertz CT molecular complexity index is 1100. The van der Waals surface area contributed by atoms with Crippen LogP contribution in [0.2, 0.25) is 0 Å². The van der Waals surface area contributed by atoms with Gasteiger partial charge in [0, 0.05) is 21.9 Å². The number of benzene rings is 3. The third kappa shape index (κ3) is 2.28. The van der Waals surface area contributed by atoms with Crippen molar-refractivity contribution in [1.82, 2.24) is 4.98 Å². The summed E-state index contributed by atoms with van der Waals surface area (Å²) in [6.45, 7) is 4.04. The van der Waals surface area contributed by atoms with Crippen LogP contribution < -0.4 is 0 Å². The van der Waals surface area contributed by atoms with Gasteiger partial charge in [-0.1, -0.05) is 48.5 Å². The SMILES string of the molecule is Cc1ccccc1C(=O)c1cccc2cc3c(C)cccc3nc12. The normalized spacial score (nSPS) is 11.1. The molecule has 0 aliphatic rings. The maximum atomic E-state index is 13.0. The second-order valence-electron chi connectivity index (χ2n) is 6.15. The van der Waals surface area contributed by atoms with E-state index in [0.29, 0.717) is 5.56 Å². The largest absolute Gasteiger partial charge is 0.289 e. The Morgan fingerprint density at radius 2 is 1.50 bits per heavy atom. The molecule has 0 spiro atoms. The number of aryl methyl sites for hydroxylation is 2. The molecule has 0 atom stereocenters. The Morgan fingerprint density at radius 1 is 0.792 bits per heavy atom. The van der Waals surface area contributed by atoms with Crippen molar-refractivity contribution in [1.29, 1.82) is 0 Å². The molecule has 4 rings (SSSR count). The van der Waals surface area contributed by atoms with Gasteiger partial charge in [0.1, 0.15) is 0 Å². The van der Waals surface area contributed by atoms with Crippen molar-refractivity contribution in [3.8, 4) is 0 Å². The van der Waals surface area contributed by atoms with Crippen molar-refractivity contribution in [2.75, 3.05) is 0 Å². The van der Waals surface area contributed by atoms with E-state index < -0.39 is 0 Å². The highest BCUT2D eigenvalue weighted by molar-refractivity contribution is 6.17. The minimum Gasteiger partial charge on any atom is -0.289 e. The summed E-state index contributed by atoms with van der Waals surface area (Å²) < 4.78 is 0. The van der Waals surface area contributed by atoms with Gasteiger partial charge in [-0.15, -0.1) is 0 Å². The standard InChI is InChI=1S/C22H17NO/c1-14-7-3-4-10-17(14)22(24)18-11-6-9-16-13-19-15(2)8-5-12-20(19)23-21(16)18/h3-13H,1-2H3. The Kier molecular flexibility index (Phi) is 3.39. The molecule has 0 unspecified atom stereocenters. The Balaban J connectivity index is 1.99. The number of para-hydroxylation sites is 1. The summed E-state index contributed by atoms with van der Waals surface area (Å²) in [6.07, 6.45) is 0. The fourth-order valence-electron chi connectivity index (χ4n) is 3.18. The highest BCUT2D eigenvalue weighted by Gasteiger charge is 2.15. The van der Waals surface area contributed by atoms with Gasteiger partial charge in [-0.05, 0) is 43.2 Å². The van der Waals surface area contributed by atoms with Crippen molar-refractivity contribution >= 4 is 27.6 Å². The van der Waals surface area contributed by atoms with E-state index in [9.17, 15) is 4.79 Å². The predicted octanol–water partition coefficient (Wildman–Crippen LogP) is 5.24. The van der Waals surface area contributed by atoms with Crippen LogP contribution in [0, 0.1) is 13.8 Å². The minimum atomic E-state index is 0.0261. The first-order valence-electron chi connectivity index (χ1n) is 8.04. The maximum Gasteiger partial charge on any atom is 0.195 e. The van der Waals surface area contributed by atoms with E-state index in [4.69, 9.17) is 4.98 Å². The Hall–Kier alpha value is -3.00. The van der Waals surface area contributed by atoms with Crippen molar-refractivity contribution in [2.24, 2.45) is 0 Å². The molecule has 0 saturated carbocycles. The molecule has 0 fully saturated rings. The summed E-state index contributed by atoms with van der Waals surface area (Å²) >= 11 is 0. The molecule has 116 valence electrons. The van der Waals surface area contributed by atoms with Gasteiger partial charge >= 0.3 is 0 Å². The molecule has 1 aromatic heterocycles. The van der Waals surface area contributed by atoms with Gasteiger partial charge in [0.2, 0.25) is 0 Å². The maximum absolute atomic E-state index is 13.0. The molecule has 2 nitrogen and oxygen atoms in total. The van der Waals surface area contributed by atoms with Crippen LogP contribution in [-0.4, -0.2) is 10.8 Å². The second-order valence-corrected chi connectivity index (χ2v) is 6.15. The lowest BCUT2D eigenvalue weighted by Gasteiger charge is -2.09. The first kappa shape index (κ1) is 14.6. The third-order valence-electron chi connectivity index (χ3n) is 4.53. The smallest absolute Gasteiger partial charge is 0.195 e. The van der Waals surface area contributed by atoms with Crippen molar-refractivity contribution < 1.29 is 4.79 Å². The molecular weight excluding hydrogens is 294 g/mol. The number of ketones is 1. The Morgan fingerprint density at radius 3 is 2.33 bits per heavy atom. The van der Waals surface area contributed by atoms with Crippen LogP contribution in [0.5, 0.6) is 0 Å². The van der Waals surface area contributed by atoms with E-state index in [1.165, 1.54) is 5.56 Å². The molecule has 0 bridgehead atoms. The molecule has 0 radical (unpaired) electrons. The Labute approximate surface area is 140 Å². The molecule has 1 heterocycles. The molecule has 2 heteroatoms. The van der Waals surface area contributed by atoms with Crippen LogP contribution >= 0.6 is 0 Å². The summed E-state index contributed by atoms with van der Waals surface area (Å²) in [5, 5.41) is 2.13. The van der Waals surface area contributed by atoms with Gasteiger partial charge in [0.05, 0.1) is 11.0 Å². The van der Waals surface area contributed by atoms with Crippen molar-refractivity contribution in [3.05, 3.63) is 89.0 Å². The van der Waals surface area contributed by atoms with Crippen LogP contribution in [-0.2, 0) is 0 Å². The first-order valence-corrected chi connectivity index (χ1v) is 8.04. The molecule has 3 aromatic carbocycles. The molecule has 0 aliphatic heterocycles. The molecule has 0 N–H and O–H groups in total. The molecule has 24 heavy (non-hydrogen) atoms. The van der Waals surface area contributed by atoms with Crippen LogP contribution in [0.1, 0.15) is 27.0 Å². The average molecular weight is 311 g/mol. The highest BCUT2D eigenvalue weighted by Crippen LogP contribution is 2.26. The summed E-state index contributed by atoms with van der Waals surface area (Å²) in [5.74, 6) is 0.0261. The summed E-state index contributed by atoms with van der Waals surface area (Å²) in [4.78, 5) is 17.8. The van der Waals surface area contributed by atoms with Gasteiger partial charge in [-0.25, -0.2) is 4.98 Å². The topological polar surface area (TPSA) is 30.0 Å². The van der Waals surface area contributed by atoms with Gasteiger partial charge in [-0.2, -0.15) is 0 Å². The fourth-order valence-corrected chi connectivity index (χ4v) is 3.18. The lowest BCUT2D eigenvalue weighted by molar-refractivity contribution is 0.103. The average Bonchev–Trinajstić information content (AvgIpc) is 2.60. The third-order valence-corrected chi connectivity index (χ3v) is 4.53. The second kappa shape index (κ2) is 5.57.